The molecule has 0 aliphatic carbocycles. The fourth-order valence-corrected chi connectivity index (χ4v) is 4.80. The van der Waals surface area contributed by atoms with Crippen molar-refractivity contribution in [2.45, 2.75) is 70.2 Å². The number of fused-ring (bicyclic) bond motifs is 2. The van der Waals surface area contributed by atoms with Crippen molar-refractivity contribution in [3.8, 4) is 0 Å². The van der Waals surface area contributed by atoms with Crippen molar-refractivity contribution >= 4 is 22.3 Å². The van der Waals surface area contributed by atoms with Crippen molar-refractivity contribution in [2.75, 3.05) is 19.6 Å². The molecule has 4 atom stereocenters. The molecule has 2 N–H and O–H groups in total. The Bertz CT molecular complexity index is 703. The Morgan fingerprint density at radius 3 is 2.68 bits per heavy atom. The summed E-state index contributed by atoms with van der Waals surface area (Å²) >= 11 is 0. The lowest BCUT2D eigenvalue weighted by atomic mass is 10.0. The first-order valence-corrected chi connectivity index (χ1v) is 11.1. The number of nitrogens with zero attached hydrogens (tertiary/aromatic N) is 3. The van der Waals surface area contributed by atoms with Crippen LogP contribution in [-0.2, 0) is 24.3 Å². The first-order valence-electron chi connectivity index (χ1n) is 9.71. The van der Waals surface area contributed by atoms with E-state index in [-0.39, 0.29) is 18.7 Å². The van der Waals surface area contributed by atoms with Gasteiger partial charge in [0.2, 0.25) is 0 Å². The molecule has 3 aliphatic rings. The molecular formula is C16H28N4O7S. The highest BCUT2D eigenvalue weighted by atomic mass is 32.3. The lowest BCUT2D eigenvalue weighted by Gasteiger charge is -2.30. The summed E-state index contributed by atoms with van der Waals surface area (Å²) in [6.07, 6.45) is 3.41. The highest BCUT2D eigenvalue weighted by molar-refractivity contribution is 7.80. The summed E-state index contributed by atoms with van der Waals surface area (Å²) in [5, 5.41) is 0.621. The summed E-state index contributed by atoms with van der Waals surface area (Å²) in [6, 6.07) is -1.82. The van der Waals surface area contributed by atoms with Crippen molar-refractivity contribution in [2.24, 2.45) is 0 Å². The molecule has 0 saturated carbocycles. The van der Waals surface area contributed by atoms with Gasteiger partial charge in [0.25, 0.3) is 5.91 Å². The van der Waals surface area contributed by atoms with Crippen LogP contribution in [0.15, 0.2) is 0 Å². The van der Waals surface area contributed by atoms with Gasteiger partial charge in [-0.3, -0.25) is 19.1 Å². The van der Waals surface area contributed by atoms with Gasteiger partial charge in [0.05, 0.1) is 6.04 Å². The van der Waals surface area contributed by atoms with Gasteiger partial charge in [0, 0.05) is 19.1 Å². The molecule has 2 bridgehead atoms. The number of amides is 3. The van der Waals surface area contributed by atoms with Gasteiger partial charge in [-0.15, -0.1) is 4.28 Å². The quantitative estimate of drug-likeness (QED) is 0.424. The third kappa shape index (κ3) is 4.40. The maximum atomic E-state index is 12.6. The van der Waals surface area contributed by atoms with Crippen LogP contribution in [0.25, 0.3) is 0 Å². The van der Waals surface area contributed by atoms with E-state index in [4.69, 9.17) is 9.39 Å². The number of carbonyl (C=O) groups is 2. The summed E-state index contributed by atoms with van der Waals surface area (Å²) in [6.45, 7) is 6.27. The minimum absolute atomic E-state index is 0.106. The highest BCUT2D eigenvalue weighted by Crippen LogP contribution is 2.31. The second kappa shape index (κ2) is 8.49. The molecular weight excluding hydrogens is 392 g/mol. The number of likely N-dealkylation sites (tertiary alicyclic amines) is 1. The molecule has 0 aromatic heterocycles. The highest BCUT2D eigenvalue weighted by Gasteiger charge is 2.49. The van der Waals surface area contributed by atoms with Crippen molar-refractivity contribution in [1.29, 1.82) is 0 Å². The molecule has 3 aliphatic heterocycles. The molecule has 0 spiro atoms. The maximum Gasteiger partial charge on any atom is 0.418 e. The van der Waals surface area contributed by atoms with Crippen LogP contribution in [0.4, 0.5) is 4.79 Å². The van der Waals surface area contributed by atoms with E-state index in [1.54, 1.807) is 0 Å². The van der Waals surface area contributed by atoms with Crippen LogP contribution >= 0.6 is 0 Å². The zero-order valence-corrected chi connectivity index (χ0v) is 16.9. The van der Waals surface area contributed by atoms with Gasteiger partial charge in [-0.05, 0) is 38.6 Å². The molecule has 12 heteroatoms. The predicted molar refractivity (Wildman–Crippen MR) is 97.0 cm³/mol. The molecule has 28 heavy (non-hydrogen) atoms. The number of hydrogen-bond donors (Lipinski definition) is 2. The van der Waals surface area contributed by atoms with E-state index in [1.165, 1.54) is 4.90 Å². The van der Waals surface area contributed by atoms with E-state index in [9.17, 15) is 18.0 Å². The van der Waals surface area contributed by atoms with E-state index in [1.807, 2.05) is 0 Å². The molecule has 160 valence electrons. The van der Waals surface area contributed by atoms with Gasteiger partial charge in [0.1, 0.15) is 12.1 Å². The first kappa shape index (κ1) is 21.2. The third-order valence-electron chi connectivity index (χ3n) is 5.64. The van der Waals surface area contributed by atoms with Crippen LogP contribution in [-0.4, -0.2) is 83.6 Å². The summed E-state index contributed by atoms with van der Waals surface area (Å²) < 4.78 is 35.1. The predicted octanol–water partition coefficient (Wildman–Crippen LogP) is 0.300. The SMILES string of the molecule is CCCN1CCC(ONC(=O)[C@@H]2CCC3CN2C(=O)N3OS(=O)(=O)O)C1CC. The Morgan fingerprint density at radius 1 is 1.29 bits per heavy atom. The van der Waals surface area contributed by atoms with Crippen molar-refractivity contribution in [1.82, 2.24) is 20.3 Å². The van der Waals surface area contributed by atoms with Crippen LogP contribution in [0.2, 0.25) is 0 Å². The third-order valence-corrected chi connectivity index (χ3v) is 5.99. The van der Waals surface area contributed by atoms with Gasteiger partial charge in [-0.2, -0.15) is 13.5 Å². The summed E-state index contributed by atoms with van der Waals surface area (Å²) in [5.41, 5.74) is 2.50. The number of piperidine rings is 1. The number of hydroxylamine groups is 3. The molecule has 0 aromatic carbocycles. The lowest BCUT2D eigenvalue weighted by molar-refractivity contribution is -0.145. The van der Waals surface area contributed by atoms with Gasteiger partial charge in [0.15, 0.2) is 0 Å². The summed E-state index contributed by atoms with van der Waals surface area (Å²) in [5.74, 6) is -0.440. The van der Waals surface area contributed by atoms with E-state index in [0.717, 1.165) is 32.4 Å². The second-order valence-electron chi connectivity index (χ2n) is 7.43. The minimum atomic E-state index is -4.81. The molecule has 11 nitrogen and oxygen atoms in total. The van der Waals surface area contributed by atoms with Crippen molar-refractivity contribution in [3.05, 3.63) is 0 Å². The normalized spacial score (nSPS) is 30.9. The first-order chi connectivity index (χ1) is 13.2. The average molecular weight is 420 g/mol. The zero-order valence-electron chi connectivity index (χ0n) is 16.1. The van der Waals surface area contributed by atoms with Gasteiger partial charge in [-0.1, -0.05) is 13.8 Å². The zero-order chi connectivity index (χ0) is 20.5. The van der Waals surface area contributed by atoms with Crippen LogP contribution < -0.4 is 5.48 Å². The lowest BCUT2D eigenvalue weighted by Crippen LogP contribution is -2.51. The van der Waals surface area contributed by atoms with Crippen molar-refractivity contribution < 1.29 is 31.7 Å². The number of rotatable bonds is 8. The van der Waals surface area contributed by atoms with E-state index >= 15 is 0 Å². The number of urea groups is 1. The monoisotopic (exact) mass is 420 g/mol. The standard InChI is InChI=1S/C16H28N4O7S/c1-3-8-18-9-7-14(12(18)4-2)26-17-15(21)13-6-5-11-10-19(13)16(22)20(11)27-28(23,24)25/h11-14H,3-10H2,1-2H3,(H,17,21)(H,23,24,25)/t11?,12?,13-,14?/m0/s1. The van der Waals surface area contributed by atoms with Gasteiger partial charge < -0.3 is 4.90 Å². The molecule has 3 heterocycles. The molecule has 3 saturated heterocycles. The largest absolute Gasteiger partial charge is 0.418 e. The Balaban J connectivity index is 1.56. The number of carbonyl (C=O) groups excluding carboxylic acids is 2. The molecule has 3 unspecified atom stereocenters. The Labute approximate surface area is 164 Å². The fraction of sp³-hybridized carbons (Fsp3) is 0.875. The van der Waals surface area contributed by atoms with Crippen LogP contribution in [0.1, 0.15) is 46.0 Å². The second-order valence-corrected chi connectivity index (χ2v) is 8.44. The number of nitrogens with one attached hydrogen (secondary N) is 1. The van der Waals surface area contributed by atoms with Gasteiger partial charge >= 0.3 is 16.4 Å². The topological polar surface area (TPSA) is 129 Å². The molecule has 0 radical (unpaired) electrons. The minimum Gasteiger partial charge on any atom is -0.309 e. The van der Waals surface area contributed by atoms with E-state index < -0.39 is 34.4 Å². The Morgan fingerprint density at radius 2 is 2.04 bits per heavy atom. The molecule has 0 aromatic rings. The summed E-state index contributed by atoms with van der Waals surface area (Å²) in [7, 11) is -4.81. The van der Waals surface area contributed by atoms with Crippen molar-refractivity contribution in [3.63, 3.8) is 0 Å². The Hall–Kier alpha value is -1.47. The maximum absolute atomic E-state index is 12.6. The van der Waals surface area contributed by atoms with Crippen LogP contribution in [0.3, 0.4) is 0 Å². The molecule has 3 rings (SSSR count). The molecule has 3 amide bonds. The fourth-order valence-electron chi connectivity index (χ4n) is 4.42. The van der Waals surface area contributed by atoms with Gasteiger partial charge in [-0.25, -0.2) is 10.3 Å². The molecule has 3 fully saturated rings. The van der Waals surface area contributed by atoms with E-state index in [2.05, 4.69) is 28.5 Å². The number of hydrogen-bond acceptors (Lipinski definition) is 7. The summed E-state index contributed by atoms with van der Waals surface area (Å²) in [4.78, 5) is 34.3. The van der Waals surface area contributed by atoms with E-state index in [0.29, 0.717) is 17.9 Å². The Kier molecular flexibility index (Phi) is 6.44. The van der Waals surface area contributed by atoms with Crippen LogP contribution in [0, 0.1) is 0 Å². The van der Waals surface area contributed by atoms with Crippen LogP contribution in [0.5, 0.6) is 0 Å². The smallest absolute Gasteiger partial charge is 0.309 e. The average Bonchev–Trinajstić information content (AvgIpc) is 3.13.